The van der Waals surface area contributed by atoms with Gasteiger partial charge in [-0.05, 0) is 49.1 Å². The number of ether oxygens (including phenoxy) is 3. The quantitative estimate of drug-likeness (QED) is 0.627. The molecule has 0 radical (unpaired) electrons. The first-order chi connectivity index (χ1) is 14.1. The largest absolute Gasteiger partial charge is 0.478 e. The highest BCUT2D eigenvalue weighted by molar-refractivity contribution is 9.10. The van der Waals surface area contributed by atoms with Crippen LogP contribution in [0.25, 0.3) is 6.08 Å². The first-order valence-electron chi connectivity index (χ1n) is 9.92. The molecule has 0 spiro atoms. The summed E-state index contributed by atoms with van der Waals surface area (Å²) < 4.78 is 18.8. The zero-order chi connectivity index (χ0) is 20.0. The summed E-state index contributed by atoms with van der Waals surface area (Å²) >= 11 is 3.53. The standard InChI is InChI=1S/C23H22BrNO4/c1-14-9-19-17(12-25(13-28-19)11-16-6-4-8-27-16)23-21(14)22(26)20(29-23)10-15-5-2-3-7-18(15)24/h2-3,5,7,9-10,16H,4,6,8,11-13H2,1H3/b20-10-. The van der Waals surface area contributed by atoms with Gasteiger partial charge in [0.25, 0.3) is 0 Å². The predicted octanol–water partition coefficient (Wildman–Crippen LogP) is 4.70. The van der Waals surface area contributed by atoms with Crippen LogP contribution >= 0.6 is 15.9 Å². The molecule has 2 aromatic rings. The summed E-state index contributed by atoms with van der Waals surface area (Å²) in [7, 11) is 0. The number of benzene rings is 2. The summed E-state index contributed by atoms with van der Waals surface area (Å²) in [5.74, 6) is 1.71. The van der Waals surface area contributed by atoms with E-state index in [0.717, 1.165) is 52.9 Å². The van der Waals surface area contributed by atoms with Gasteiger partial charge in [0.1, 0.15) is 18.2 Å². The van der Waals surface area contributed by atoms with Crippen molar-refractivity contribution >= 4 is 27.8 Å². The van der Waals surface area contributed by atoms with Gasteiger partial charge in [-0.2, -0.15) is 0 Å². The number of hydrogen-bond donors (Lipinski definition) is 0. The summed E-state index contributed by atoms with van der Waals surface area (Å²) in [6.07, 6.45) is 4.26. The van der Waals surface area contributed by atoms with Gasteiger partial charge in [0.15, 0.2) is 5.76 Å². The van der Waals surface area contributed by atoms with Crippen molar-refractivity contribution in [2.45, 2.75) is 32.4 Å². The summed E-state index contributed by atoms with van der Waals surface area (Å²) in [4.78, 5) is 15.3. The predicted molar refractivity (Wildman–Crippen MR) is 113 cm³/mol. The number of halogens is 1. The lowest BCUT2D eigenvalue weighted by molar-refractivity contribution is 0.0273. The Bertz CT molecular complexity index is 1010. The normalized spacial score (nSPS) is 22.3. The molecule has 29 heavy (non-hydrogen) atoms. The molecule has 0 N–H and O–H groups in total. The van der Waals surface area contributed by atoms with Crippen molar-refractivity contribution in [2.75, 3.05) is 19.9 Å². The van der Waals surface area contributed by atoms with Crippen LogP contribution in [0.2, 0.25) is 0 Å². The van der Waals surface area contributed by atoms with Crippen LogP contribution in [0.15, 0.2) is 40.6 Å². The molecule has 6 heteroatoms. The van der Waals surface area contributed by atoms with Gasteiger partial charge in [0.05, 0.1) is 17.2 Å². The fraction of sp³-hybridized carbons (Fsp3) is 0.348. The van der Waals surface area contributed by atoms with E-state index in [9.17, 15) is 4.79 Å². The van der Waals surface area contributed by atoms with Crippen LogP contribution in [-0.4, -0.2) is 36.7 Å². The van der Waals surface area contributed by atoms with Crippen molar-refractivity contribution in [1.82, 2.24) is 4.90 Å². The maximum Gasteiger partial charge on any atom is 0.232 e. The fourth-order valence-corrected chi connectivity index (χ4v) is 4.60. The maximum absolute atomic E-state index is 13.1. The van der Waals surface area contributed by atoms with E-state index in [-0.39, 0.29) is 11.9 Å². The molecular weight excluding hydrogens is 434 g/mol. The molecule has 5 nitrogen and oxygen atoms in total. The molecule has 1 atom stereocenters. The van der Waals surface area contributed by atoms with E-state index in [1.165, 1.54) is 0 Å². The maximum atomic E-state index is 13.1. The summed E-state index contributed by atoms with van der Waals surface area (Å²) in [5.41, 5.74) is 3.38. The highest BCUT2D eigenvalue weighted by atomic mass is 79.9. The Morgan fingerprint density at radius 3 is 2.97 bits per heavy atom. The Morgan fingerprint density at radius 2 is 2.17 bits per heavy atom. The first kappa shape index (κ1) is 18.9. The number of nitrogens with zero attached hydrogens (tertiary/aromatic N) is 1. The Balaban J connectivity index is 1.47. The van der Waals surface area contributed by atoms with Gasteiger partial charge >= 0.3 is 0 Å². The molecule has 3 aliphatic heterocycles. The Morgan fingerprint density at radius 1 is 1.31 bits per heavy atom. The third-order valence-corrected chi connectivity index (χ3v) is 6.39. The smallest absolute Gasteiger partial charge is 0.232 e. The minimum absolute atomic E-state index is 0.0766. The highest BCUT2D eigenvalue weighted by Crippen LogP contribution is 2.44. The Labute approximate surface area is 178 Å². The van der Waals surface area contributed by atoms with Crippen molar-refractivity contribution in [3.63, 3.8) is 0 Å². The second-order valence-corrected chi connectivity index (χ2v) is 8.61. The molecule has 0 amide bonds. The van der Waals surface area contributed by atoms with E-state index in [0.29, 0.717) is 30.3 Å². The average Bonchev–Trinajstić information content (AvgIpc) is 3.33. The molecule has 5 rings (SSSR count). The number of hydrogen-bond acceptors (Lipinski definition) is 5. The van der Waals surface area contributed by atoms with Crippen LogP contribution in [0, 0.1) is 6.92 Å². The molecular formula is C23H22BrNO4. The minimum Gasteiger partial charge on any atom is -0.478 e. The van der Waals surface area contributed by atoms with E-state index in [1.54, 1.807) is 6.08 Å². The molecule has 0 aromatic heterocycles. The minimum atomic E-state index is -0.0766. The molecule has 150 valence electrons. The van der Waals surface area contributed by atoms with E-state index >= 15 is 0 Å². The number of ketones is 1. The molecule has 0 bridgehead atoms. The zero-order valence-corrected chi connectivity index (χ0v) is 17.8. The third kappa shape index (κ3) is 3.50. The fourth-order valence-electron chi connectivity index (χ4n) is 4.20. The van der Waals surface area contributed by atoms with Crippen molar-refractivity contribution in [3.8, 4) is 11.5 Å². The van der Waals surface area contributed by atoms with Crippen LogP contribution in [0.3, 0.4) is 0 Å². The molecule has 3 heterocycles. The summed E-state index contributed by atoms with van der Waals surface area (Å²) in [5, 5.41) is 0. The topological polar surface area (TPSA) is 48.0 Å². The van der Waals surface area contributed by atoms with Crippen LogP contribution in [-0.2, 0) is 11.3 Å². The van der Waals surface area contributed by atoms with Crippen LogP contribution in [0.1, 0.15) is 39.9 Å². The van der Waals surface area contributed by atoms with E-state index in [4.69, 9.17) is 14.2 Å². The van der Waals surface area contributed by atoms with Gasteiger partial charge < -0.3 is 14.2 Å². The zero-order valence-electron chi connectivity index (χ0n) is 16.2. The number of fused-ring (bicyclic) bond motifs is 3. The first-order valence-corrected chi connectivity index (χ1v) is 10.7. The van der Waals surface area contributed by atoms with E-state index < -0.39 is 0 Å². The number of carbonyl (C=O) groups excluding carboxylic acids is 1. The Kier molecular flexibility index (Phi) is 4.94. The molecule has 0 saturated carbocycles. The molecule has 0 aliphatic carbocycles. The second-order valence-electron chi connectivity index (χ2n) is 7.76. The molecule has 1 unspecified atom stereocenters. The number of Topliss-reactive ketones (excluding diaryl/α,β-unsaturated/α-hetero) is 1. The monoisotopic (exact) mass is 455 g/mol. The van der Waals surface area contributed by atoms with Gasteiger partial charge in [-0.3, -0.25) is 9.69 Å². The molecule has 2 aromatic carbocycles. The van der Waals surface area contributed by atoms with Crippen molar-refractivity contribution in [3.05, 3.63) is 62.8 Å². The van der Waals surface area contributed by atoms with Crippen molar-refractivity contribution < 1.29 is 19.0 Å². The average molecular weight is 456 g/mol. The summed E-state index contributed by atoms with van der Waals surface area (Å²) in [6, 6.07) is 9.74. The summed E-state index contributed by atoms with van der Waals surface area (Å²) in [6.45, 7) is 4.82. The number of allylic oxidation sites excluding steroid dienone is 1. The SMILES string of the molecule is Cc1cc2c(c3c1C(=O)/C(=C/c1ccccc1Br)O3)CN(CC1CCCO1)CO2. The van der Waals surface area contributed by atoms with Crippen LogP contribution in [0.5, 0.6) is 11.5 Å². The number of aryl methyl sites for hydroxylation is 1. The number of rotatable bonds is 3. The molecule has 3 aliphatic rings. The van der Waals surface area contributed by atoms with Gasteiger partial charge in [-0.15, -0.1) is 0 Å². The van der Waals surface area contributed by atoms with Crippen molar-refractivity contribution in [2.24, 2.45) is 0 Å². The lowest BCUT2D eigenvalue weighted by atomic mass is 9.98. The van der Waals surface area contributed by atoms with E-state index in [1.807, 2.05) is 37.3 Å². The Hall–Kier alpha value is -2.15. The van der Waals surface area contributed by atoms with Crippen LogP contribution in [0.4, 0.5) is 0 Å². The highest BCUT2D eigenvalue weighted by Gasteiger charge is 2.36. The molecule has 1 saturated heterocycles. The lowest BCUT2D eigenvalue weighted by Crippen LogP contribution is -2.37. The van der Waals surface area contributed by atoms with E-state index in [2.05, 4.69) is 20.8 Å². The molecule has 1 fully saturated rings. The van der Waals surface area contributed by atoms with Crippen LogP contribution < -0.4 is 9.47 Å². The van der Waals surface area contributed by atoms with Gasteiger partial charge in [0, 0.05) is 24.2 Å². The van der Waals surface area contributed by atoms with Gasteiger partial charge in [0.2, 0.25) is 5.78 Å². The lowest BCUT2D eigenvalue weighted by Gasteiger charge is -2.31. The number of carbonyl (C=O) groups is 1. The van der Waals surface area contributed by atoms with Gasteiger partial charge in [-0.1, -0.05) is 34.1 Å². The second kappa shape index (κ2) is 7.59. The third-order valence-electron chi connectivity index (χ3n) is 5.67. The van der Waals surface area contributed by atoms with Crippen molar-refractivity contribution in [1.29, 1.82) is 0 Å². The van der Waals surface area contributed by atoms with Gasteiger partial charge in [-0.25, -0.2) is 0 Å².